The summed E-state index contributed by atoms with van der Waals surface area (Å²) in [5, 5.41) is 16.7. The molecule has 0 aliphatic carbocycles. The molecule has 0 saturated heterocycles. The van der Waals surface area contributed by atoms with Crippen LogP contribution in [0.2, 0.25) is 0 Å². The first-order valence-electron chi connectivity index (χ1n) is 17.0. The van der Waals surface area contributed by atoms with E-state index >= 15 is 0 Å². The van der Waals surface area contributed by atoms with E-state index in [9.17, 15) is 5.26 Å². The Morgan fingerprint density at radius 1 is 0.667 bits per heavy atom. The third kappa shape index (κ3) is 5.60. The number of nitrogens with two attached hydrogens (primary N) is 1. The zero-order chi connectivity index (χ0) is 34.3. The van der Waals surface area contributed by atoms with Crippen molar-refractivity contribution in [1.29, 1.82) is 5.26 Å². The third-order valence-corrected chi connectivity index (χ3v) is 10.9. The summed E-state index contributed by atoms with van der Waals surface area (Å²) in [6.45, 7) is 0.639. The van der Waals surface area contributed by atoms with Gasteiger partial charge < -0.3 is 15.3 Å². The molecule has 51 heavy (non-hydrogen) atoms. The topological polar surface area (TPSA) is 70.0 Å². The molecule has 1 atom stereocenters. The number of anilines is 1. The number of nitriles is 1. The van der Waals surface area contributed by atoms with Gasteiger partial charge in [0, 0.05) is 36.6 Å². The number of rotatable bonds is 8. The third-order valence-electron chi connectivity index (χ3n) is 9.67. The lowest BCUT2D eigenvalue weighted by atomic mass is 10.0. The van der Waals surface area contributed by atoms with Crippen molar-refractivity contribution in [2.75, 3.05) is 5.01 Å². The fraction of sp³-hybridized carbons (Fsp3) is 0.0444. The van der Waals surface area contributed by atoms with Crippen molar-refractivity contribution >= 4 is 59.0 Å². The second-order valence-corrected chi connectivity index (χ2v) is 13.8. The maximum Gasteiger partial charge on any atom is 0.0991 e. The molecule has 0 bridgehead atoms. The van der Waals surface area contributed by atoms with E-state index in [4.69, 9.17) is 5.73 Å². The molecule has 2 aromatic heterocycles. The molecule has 0 spiro atoms. The van der Waals surface area contributed by atoms with Crippen molar-refractivity contribution in [2.45, 2.75) is 12.7 Å². The van der Waals surface area contributed by atoms with Crippen LogP contribution in [0.4, 0.5) is 5.69 Å². The number of benzene rings is 7. The summed E-state index contributed by atoms with van der Waals surface area (Å²) in [7, 11) is 0. The monoisotopic (exact) mass is 675 g/mol. The smallest absolute Gasteiger partial charge is 0.0991 e. The van der Waals surface area contributed by atoms with Crippen LogP contribution >= 0.6 is 11.3 Å². The van der Waals surface area contributed by atoms with Crippen LogP contribution in [-0.4, -0.2) is 4.57 Å². The fourth-order valence-corrected chi connectivity index (χ4v) is 8.41. The van der Waals surface area contributed by atoms with Crippen LogP contribution in [-0.2, 0) is 6.54 Å². The molecule has 0 aliphatic heterocycles. The maximum absolute atomic E-state index is 9.79. The second kappa shape index (κ2) is 12.9. The Bertz CT molecular complexity index is 2720. The van der Waals surface area contributed by atoms with Crippen LogP contribution < -0.4 is 16.2 Å². The molecule has 5 nitrogen and oxygen atoms in total. The molecule has 0 fully saturated rings. The van der Waals surface area contributed by atoms with Gasteiger partial charge in [0.2, 0.25) is 0 Å². The average molecular weight is 676 g/mol. The number of thiophene rings is 1. The summed E-state index contributed by atoms with van der Waals surface area (Å²) in [5.41, 5.74) is 19.6. The molecular formula is C45H33N5S. The summed E-state index contributed by atoms with van der Waals surface area (Å²) in [4.78, 5) is 0. The molecule has 0 amide bonds. The van der Waals surface area contributed by atoms with Crippen molar-refractivity contribution in [3.05, 3.63) is 180 Å². The normalized spacial score (nSPS) is 12.1. The quantitative estimate of drug-likeness (QED) is 0.124. The predicted molar refractivity (Wildman–Crippen MR) is 213 cm³/mol. The predicted octanol–water partition coefficient (Wildman–Crippen LogP) is 10.9. The summed E-state index contributed by atoms with van der Waals surface area (Å²) in [5.74, 6) is 0. The number of hydrazine groups is 1. The van der Waals surface area contributed by atoms with Gasteiger partial charge in [-0.15, -0.1) is 11.3 Å². The van der Waals surface area contributed by atoms with Gasteiger partial charge in [-0.05, 0) is 76.9 Å². The van der Waals surface area contributed by atoms with Gasteiger partial charge in [-0.25, -0.2) is 5.43 Å². The fourth-order valence-electron chi connectivity index (χ4n) is 7.17. The van der Waals surface area contributed by atoms with E-state index in [1.54, 1.807) is 0 Å². The minimum atomic E-state index is -0.384. The zero-order valence-corrected chi connectivity index (χ0v) is 28.5. The summed E-state index contributed by atoms with van der Waals surface area (Å²) in [6, 6.07) is 59.4. The molecule has 9 aromatic rings. The Hall–Kier alpha value is -6.23. The molecule has 2 heterocycles. The summed E-state index contributed by atoms with van der Waals surface area (Å²) < 4.78 is 4.89. The lowest BCUT2D eigenvalue weighted by molar-refractivity contribution is 0.514. The molecule has 6 heteroatoms. The largest absolute Gasteiger partial charge is 0.311 e. The van der Waals surface area contributed by atoms with Crippen molar-refractivity contribution in [2.24, 2.45) is 5.73 Å². The number of hydrogen-bond acceptors (Lipinski definition) is 5. The molecule has 3 N–H and O–H groups in total. The number of nitrogens with zero attached hydrogens (tertiary/aromatic N) is 3. The Kier molecular flexibility index (Phi) is 7.79. The van der Waals surface area contributed by atoms with Crippen LogP contribution in [0.3, 0.4) is 0 Å². The molecule has 7 aromatic carbocycles. The van der Waals surface area contributed by atoms with Crippen molar-refractivity contribution in [3.8, 4) is 22.9 Å². The van der Waals surface area contributed by atoms with Crippen LogP contribution in [0.1, 0.15) is 22.9 Å². The Morgan fingerprint density at radius 3 is 2.22 bits per heavy atom. The first-order chi connectivity index (χ1) is 25.1. The number of nitrogens with one attached hydrogen (secondary N) is 1. The van der Waals surface area contributed by atoms with Gasteiger partial charge in [0.05, 0.1) is 41.1 Å². The van der Waals surface area contributed by atoms with E-state index in [0.29, 0.717) is 12.1 Å². The first kappa shape index (κ1) is 30.8. The van der Waals surface area contributed by atoms with E-state index in [-0.39, 0.29) is 6.17 Å². The SMILES string of the molecule is N#Cc1ccc2c(c1)c1ccc(-c3cccc4c3sc3ccccc34)cc1n2-c1ccc(N(Cc2ccccc2)NC(N)c2ccccc2)cc1. The van der Waals surface area contributed by atoms with E-state index in [1.807, 2.05) is 59.9 Å². The lowest BCUT2D eigenvalue weighted by Crippen LogP contribution is -2.43. The Labute approximate surface area is 300 Å². The molecule has 0 aliphatic rings. The lowest BCUT2D eigenvalue weighted by Gasteiger charge is -2.29. The van der Waals surface area contributed by atoms with Gasteiger partial charge in [0.25, 0.3) is 0 Å². The van der Waals surface area contributed by atoms with Crippen molar-refractivity contribution < 1.29 is 0 Å². The minimum absolute atomic E-state index is 0.384. The highest BCUT2D eigenvalue weighted by molar-refractivity contribution is 7.26. The van der Waals surface area contributed by atoms with Crippen molar-refractivity contribution in [3.63, 3.8) is 0 Å². The van der Waals surface area contributed by atoms with Crippen LogP contribution in [0.5, 0.6) is 0 Å². The minimum Gasteiger partial charge on any atom is -0.311 e. The van der Waals surface area contributed by atoms with Gasteiger partial charge in [0.1, 0.15) is 0 Å². The molecule has 0 saturated carbocycles. The second-order valence-electron chi connectivity index (χ2n) is 12.8. The molecule has 9 rings (SSSR count). The number of aromatic nitrogens is 1. The van der Waals surface area contributed by atoms with Crippen molar-refractivity contribution in [1.82, 2.24) is 9.99 Å². The standard InChI is InChI=1S/C45H33N5S/c46-28-31-18-25-41-40(26-31)37-24-19-33(36-15-9-16-39-38-14-7-8-17-43(38)51-44(36)39)27-42(37)50(41)35-22-20-34(21-23-35)49(29-30-10-3-1-4-11-30)48-45(47)32-12-5-2-6-13-32/h1-27,45,48H,29,47H2. The average Bonchev–Trinajstić information content (AvgIpc) is 3.73. The maximum atomic E-state index is 9.79. The molecule has 0 radical (unpaired) electrons. The van der Waals surface area contributed by atoms with Gasteiger partial charge >= 0.3 is 0 Å². The summed E-state index contributed by atoms with van der Waals surface area (Å²) in [6.07, 6.45) is -0.384. The molecular weight excluding hydrogens is 643 g/mol. The van der Waals surface area contributed by atoms with Crippen LogP contribution in [0.15, 0.2) is 164 Å². The van der Waals surface area contributed by atoms with E-state index in [0.717, 1.165) is 44.3 Å². The first-order valence-corrected chi connectivity index (χ1v) is 17.8. The Balaban J connectivity index is 1.16. The van der Waals surface area contributed by atoms with Crippen LogP contribution in [0, 0.1) is 11.3 Å². The van der Waals surface area contributed by atoms with Gasteiger partial charge in [-0.3, -0.25) is 0 Å². The van der Waals surface area contributed by atoms with E-state index in [1.165, 1.54) is 31.3 Å². The number of hydrogen-bond donors (Lipinski definition) is 2. The Morgan fingerprint density at radius 2 is 1.41 bits per heavy atom. The van der Waals surface area contributed by atoms with Gasteiger partial charge in [0.15, 0.2) is 0 Å². The highest BCUT2D eigenvalue weighted by Crippen LogP contribution is 2.42. The van der Waals surface area contributed by atoms with E-state index < -0.39 is 0 Å². The highest BCUT2D eigenvalue weighted by Gasteiger charge is 2.18. The van der Waals surface area contributed by atoms with E-state index in [2.05, 4.69) is 136 Å². The molecule has 244 valence electrons. The van der Waals surface area contributed by atoms with Crippen LogP contribution in [0.25, 0.3) is 58.8 Å². The zero-order valence-electron chi connectivity index (χ0n) is 27.7. The van der Waals surface area contributed by atoms with Gasteiger partial charge in [-0.2, -0.15) is 5.26 Å². The highest BCUT2D eigenvalue weighted by atomic mass is 32.1. The summed E-state index contributed by atoms with van der Waals surface area (Å²) >= 11 is 1.84. The number of fused-ring (bicyclic) bond motifs is 6. The van der Waals surface area contributed by atoms with Gasteiger partial charge in [-0.1, -0.05) is 109 Å². The molecule has 1 unspecified atom stereocenters.